The lowest BCUT2D eigenvalue weighted by molar-refractivity contribution is -0.129. The number of amides is 1. The summed E-state index contributed by atoms with van der Waals surface area (Å²) in [5.74, 6) is 1.89. The number of aryl methyl sites for hydroxylation is 1. The topological polar surface area (TPSA) is 59.8 Å². The summed E-state index contributed by atoms with van der Waals surface area (Å²) >= 11 is 0. The zero-order valence-corrected chi connectivity index (χ0v) is 10.9. The van der Waals surface area contributed by atoms with E-state index >= 15 is 0 Å². The Balaban J connectivity index is 2.17. The van der Waals surface area contributed by atoms with Gasteiger partial charge in [0, 0.05) is 12.0 Å². The Morgan fingerprint density at radius 1 is 1.41 bits per heavy atom. The van der Waals surface area contributed by atoms with Gasteiger partial charge in [0.15, 0.2) is 5.82 Å². The highest BCUT2D eigenvalue weighted by atomic mass is 16.2. The second-order valence-electron chi connectivity index (χ2n) is 5.68. The fourth-order valence-corrected chi connectivity index (χ4v) is 2.03. The molecule has 0 radical (unpaired) electrons. The summed E-state index contributed by atoms with van der Waals surface area (Å²) in [4.78, 5) is 12.0. The molecule has 0 saturated heterocycles. The number of nitrogens with zero attached hydrogens (tertiary/aromatic N) is 3. The van der Waals surface area contributed by atoms with E-state index in [-0.39, 0.29) is 17.4 Å². The van der Waals surface area contributed by atoms with Gasteiger partial charge in [-0.25, -0.2) is 0 Å². The summed E-state index contributed by atoms with van der Waals surface area (Å²) in [7, 11) is 0. The summed E-state index contributed by atoms with van der Waals surface area (Å²) in [5.41, 5.74) is -0.364. The lowest BCUT2D eigenvalue weighted by Crippen LogP contribution is -2.39. The Bertz CT molecular complexity index is 430. The number of nitrogens with one attached hydrogen (secondary N) is 1. The van der Waals surface area contributed by atoms with Crippen LogP contribution in [0.15, 0.2) is 0 Å². The smallest absolute Gasteiger partial charge is 0.225 e. The number of aromatic nitrogens is 3. The van der Waals surface area contributed by atoms with Gasteiger partial charge in [-0.1, -0.05) is 20.8 Å². The minimum atomic E-state index is -0.364. The molecular weight excluding hydrogens is 216 g/mol. The second kappa shape index (κ2) is 4.13. The predicted octanol–water partition coefficient (Wildman–Crippen LogP) is 1.58. The minimum absolute atomic E-state index is 0.0108. The second-order valence-corrected chi connectivity index (χ2v) is 5.68. The number of fused-ring (bicyclic) bond motifs is 1. The first-order chi connectivity index (χ1) is 7.89. The fourth-order valence-electron chi connectivity index (χ4n) is 2.03. The Morgan fingerprint density at radius 3 is 2.76 bits per heavy atom. The molecule has 0 aromatic carbocycles. The molecule has 0 saturated carbocycles. The molecule has 2 heterocycles. The number of hydrogen-bond donors (Lipinski definition) is 1. The predicted molar refractivity (Wildman–Crippen MR) is 64.3 cm³/mol. The summed E-state index contributed by atoms with van der Waals surface area (Å²) in [6, 6.07) is 0.0108. The van der Waals surface area contributed by atoms with Crippen molar-refractivity contribution in [2.45, 2.75) is 53.1 Å². The van der Waals surface area contributed by atoms with Gasteiger partial charge in [0.2, 0.25) is 5.91 Å². The zero-order chi connectivity index (χ0) is 12.6. The molecule has 0 aliphatic carbocycles. The Labute approximate surface area is 102 Å². The Morgan fingerprint density at radius 2 is 2.12 bits per heavy atom. The van der Waals surface area contributed by atoms with Gasteiger partial charge in [-0.3, -0.25) is 4.79 Å². The van der Waals surface area contributed by atoms with Gasteiger partial charge in [-0.15, -0.1) is 10.2 Å². The molecule has 1 aliphatic heterocycles. The molecule has 1 amide bonds. The molecule has 1 aromatic rings. The van der Waals surface area contributed by atoms with Crippen LogP contribution >= 0.6 is 0 Å². The number of carbonyl (C=O) groups excluding carboxylic acids is 1. The van der Waals surface area contributed by atoms with Gasteiger partial charge < -0.3 is 9.88 Å². The van der Waals surface area contributed by atoms with E-state index in [1.807, 2.05) is 27.7 Å². The van der Waals surface area contributed by atoms with Crippen LogP contribution in [0.1, 0.15) is 51.3 Å². The molecule has 1 aliphatic rings. The van der Waals surface area contributed by atoms with Crippen LogP contribution < -0.4 is 5.32 Å². The van der Waals surface area contributed by atoms with Gasteiger partial charge in [-0.2, -0.15) is 0 Å². The molecule has 17 heavy (non-hydrogen) atoms. The van der Waals surface area contributed by atoms with Crippen molar-refractivity contribution in [3.8, 4) is 0 Å². The highest BCUT2D eigenvalue weighted by Crippen LogP contribution is 2.25. The number of hydrogen-bond acceptors (Lipinski definition) is 3. The van der Waals surface area contributed by atoms with Crippen LogP contribution in [0.5, 0.6) is 0 Å². The van der Waals surface area contributed by atoms with Gasteiger partial charge >= 0.3 is 0 Å². The van der Waals surface area contributed by atoms with Crippen LogP contribution in [0.3, 0.4) is 0 Å². The summed E-state index contributed by atoms with van der Waals surface area (Å²) in [6.45, 7) is 8.66. The molecule has 0 spiro atoms. The normalized spacial score (nSPS) is 19.9. The molecule has 1 atom stereocenters. The van der Waals surface area contributed by atoms with Crippen molar-refractivity contribution in [1.82, 2.24) is 20.1 Å². The van der Waals surface area contributed by atoms with Crippen molar-refractivity contribution in [1.29, 1.82) is 0 Å². The lowest BCUT2D eigenvalue weighted by atomic mass is 9.94. The lowest BCUT2D eigenvalue weighted by Gasteiger charge is -2.27. The summed E-state index contributed by atoms with van der Waals surface area (Å²) < 4.78 is 2.09. The van der Waals surface area contributed by atoms with Crippen molar-refractivity contribution in [3.05, 3.63) is 11.6 Å². The first-order valence-corrected chi connectivity index (χ1v) is 6.10. The van der Waals surface area contributed by atoms with Crippen molar-refractivity contribution in [2.24, 2.45) is 5.41 Å². The molecule has 1 aromatic heterocycles. The van der Waals surface area contributed by atoms with Gasteiger partial charge in [0.1, 0.15) is 5.82 Å². The zero-order valence-electron chi connectivity index (χ0n) is 10.9. The first kappa shape index (κ1) is 12.1. The molecule has 1 N–H and O–H groups in total. The van der Waals surface area contributed by atoms with E-state index in [4.69, 9.17) is 0 Å². The van der Waals surface area contributed by atoms with Crippen molar-refractivity contribution < 1.29 is 4.79 Å². The van der Waals surface area contributed by atoms with E-state index in [1.165, 1.54) is 0 Å². The fraction of sp³-hybridized carbons (Fsp3) is 0.750. The van der Waals surface area contributed by atoms with E-state index in [0.717, 1.165) is 31.0 Å². The van der Waals surface area contributed by atoms with Crippen molar-refractivity contribution >= 4 is 5.91 Å². The maximum atomic E-state index is 12.0. The van der Waals surface area contributed by atoms with Gasteiger partial charge in [0.25, 0.3) is 0 Å². The van der Waals surface area contributed by atoms with E-state index < -0.39 is 0 Å². The highest BCUT2D eigenvalue weighted by Gasteiger charge is 2.29. The number of carbonyl (C=O) groups is 1. The molecule has 94 valence electrons. The molecular formula is C12H20N4O. The van der Waals surface area contributed by atoms with Gasteiger partial charge in [0.05, 0.1) is 6.04 Å². The molecule has 2 rings (SSSR count). The standard InChI is InChI=1S/C12H20N4O/c1-8-14-15-10-9(6-5-7-16(8)10)13-11(17)12(2,3)4/h9H,5-7H2,1-4H3,(H,13,17). The van der Waals surface area contributed by atoms with Crippen LogP contribution in [0, 0.1) is 12.3 Å². The Kier molecular flexibility index (Phi) is 2.93. The average molecular weight is 236 g/mol. The molecule has 0 fully saturated rings. The maximum absolute atomic E-state index is 12.0. The largest absolute Gasteiger partial charge is 0.346 e. The van der Waals surface area contributed by atoms with Crippen LogP contribution in [0.2, 0.25) is 0 Å². The molecule has 0 bridgehead atoms. The van der Waals surface area contributed by atoms with E-state index in [9.17, 15) is 4.79 Å². The molecule has 5 nitrogen and oxygen atoms in total. The van der Waals surface area contributed by atoms with Crippen LogP contribution in [0.4, 0.5) is 0 Å². The first-order valence-electron chi connectivity index (χ1n) is 6.10. The molecule has 1 unspecified atom stereocenters. The Hall–Kier alpha value is -1.39. The van der Waals surface area contributed by atoms with Crippen molar-refractivity contribution in [2.75, 3.05) is 0 Å². The third kappa shape index (κ3) is 2.33. The minimum Gasteiger partial charge on any atom is -0.346 e. The third-order valence-corrected chi connectivity index (χ3v) is 3.14. The van der Waals surface area contributed by atoms with Crippen LogP contribution in [-0.4, -0.2) is 20.7 Å². The number of rotatable bonds is 1. The van der Waals surface area contributed by atoms with Crippen LogP contribution in [-0.2, 0) is 11.3 Å². The summed E-state index contributed by atoms with van der Waals surface area (Å²) in [5, 5.41) is 11.3. The van der Waals surface area contributed by atoms with E-state index in [1.54, 1.807) is 0 Å². The highest BCUT2D eigenvalue weighted by molar-refractivity contribution is 5.81. The molecule has 5 heteroatoms. The summed E-state index contributed by atoms with van der Waals surface area (Å²) in [6.07, 6.45) is 2.00. The maximum Gasteiger partial charge on any atom is 0.225 e. The van der Waals surface area contributed by atoms with E-state index in [2.05, 4.69) is 20.1 Å². The average Bonchev–Trinajstić information content (AvgIpc) is 2.60. The monoisotopic (exact) mass is 236 g/mol. The van der Waals surface area contributed by atoms with Crippen LogP contribution in [0.25, 0.3) is 0 Å². The quantitative estimate of drug-likeness (QED) is 0.805. The van der Waals surface area contributed by atoms with Gasteiger partial charge in [-0.05, 0) is 19.8 Å². The van der Waals surface area contributed by atoms with Crippen molar-refractivity contribution in [3.63, 3.8) is 0 Å². The third-order valence-electron chi connectivity index (χ3n) is 3.14. The SMILES string of the molecule is Cc1nnc2n1CCCC2NC(=O)C(C)(C)C. The van der Waals surface area contributed by atoms with E-state index in [0.29, 0.717) is 0 Å².